The fourth-order valence-electron chi connectivity index (χ4n) is 3.10. The maximum atomic E-state index is 12.9. The molecule has 0 saturated heterocycles. The third kappa shape index (κ3) is 4.94. The van der Waals surface area contributed by atoms with E-state index in [1.807, 2.05) is 0 Å². The van der Waals surface area contributed by atoms with Crippen LogP contribution in [0.2, 0.25) is 0 Å². The van der Waals surface area contributed by atoms with Gasteiger partial charge in [0.05, 0.1) is 15.8 Å². The zero-order chi connectivity index (χ0) is 24.5. The molecule has 1 heterocycles. The Labute approximate surface area is 190 Å². The van der Waals surface area contributed by atoms with Gasteiger partial charge in [0.25, 0.3) is 15.9 Å². The fourth-order valence-corrected chi connectivity index (χ4v) is 4.15. The van der Waals surface area contributed by atoms with Gasteiger partial charge >= 0.3 is 6.18 Å². The summed E-state index contributed by atoms with van der Waals surface area (Å²) in [6, 6.07) is 16.2. The van der Waals surface area contributed by atoms with E-state index in [4.69, 9.17) is 4.42 Å². The standard InChI is InChI=1S/C23H15F3N2O5S/c24-23(25,26)14-4-3-5-16(12-14)28-34(31,32)17-10-8-15(9-11-17)27-22(30)21-13-19(29)18-6-1-2-7-20(18)33-21/h1-13,28H,(H,27,30). The van der Waals surface area contributed by atoms with E-state index in [-0.39, 0.29) is 27.6 Å². The summed E-state index contributed by atoms with van der Waals surface area (Å²) >= 11 is 0. The number of para-hydroxylation sites is 1. The average Bonchev–Trinajstić information content (AvgIpc) is 2.79. The second kappa shape index (κ2) is 8.67. The van der Waals surface area contributed by atoms with Crippen molar-refractivity contribution in [2.75, 3.05) is 10.0 Å². The van der Waals surface area contributed by atoms with Crippen LogP contribution in [0.25, 0.3) is 11.0 Å². The molecule has 11 heteroatoms. The molecule has 0 spiro atoms. The van der Waals surface area contributed by atoms with E-state index in [0.29, 0.717) is 11.5 Å². The van der Waals surface area contributed by atoms with Gasteiger partial charge < -0.3 is 9.73 Å². The number of rotatable bonds is 5. The third-order valence-electron chi connectivity index (χ3n) is 4.72. The molecule has 0 atom stereocenters. The van der Waals surface area contributed by atoms with Gasteiger partial charge in [-0.2, -0.15) is 13.2 Å². The molecule has 2 N–H and O–H groups in total. The van der Waals surface area contributed by atoms with Gasteiger partial charge in [-0.15, -0.1) is 0 Å². The summed E-state index contributed by atoms with van der Waals surface area (Å²) in [6.45, 7) is 0. The molecule has 3 aromatic carbocycles. The summed E-state index contributed by atoms with van der Waals surface area (Å²) < 4.78 is 71.2. The molecule has 0 unspecified atom stereocenters. The van der Waals surface area contributed by atoms with Crippen LogP contribution in [0.1, 0.15) is 16.1 Å². The van der Waals surface area contributed by atoms with Crippen molar-refractivity contribution < 1.29 is 30.8 Å². The minimum atomic E-state index is -4.62. The number of anilines is 2. The number of hydrogen-bond donors (Lipinski definition) is 2. The maximum Gasteiger partial charge on any atom is 0.416 e. The van der Waals surface area contributed by atoms with Crippen LogP contribution < -0.4 is 15.5 Å². The molecule has 0 aliphatic rings. The van der Waals surface area contributed by atoms with Crippen LogP contribution in [0.5, 0.6) is 0 Å². The second-order valence-electron chi connectivity index (χ2n) is 7.13. The van der Waals surface area contributed by atoms with Crippen LogP contribution in [-0.2, 0) is 16.2 Å². The van der Waals surface area contributed by atoms with Crippen molar-refractivity contribution in [3.8, 4) is 0 Å². The Morgan fingerprint density at radius 1 is 0.853 bits per heavy atom. The topological polar surface area (TPSA) is 105 Å². The van der Waals surface area contributed by atoms with Crippen molar-refractivity contribution >= 4 is 38.3 Å². The molecular formula is C23H15F3N2O5S. The van der Waals surface area contributed by atoms with Gasteiger partial charge in [-0.05, 0) is 54.6 Å². The van der Waals surface area contributed by atoms with Gasteiger partial charge in [-0.25, -0.2) is 8.42 Å². The molecule has 7 nitrogen and oxygen atoms in total. The molecule has 34 heavy (non-hydrogen) atoms. The summed E-state index contributed by atoms with van der Waals surface area (Å²) in [7, 11) is -4.19. The van der Waals surface area contributed by atoms with E-state index < -0.39 is 33.1 Å². The summed E-state index contributed by atoms with van der Waals surface area (Å²) in [5, 5.41) is 2.81. The van der Waals surface area contributed by atoms with Crippen molar-refractivity contribution in [1.29, 1.82) is 0 Å². The largest absolute Gasteiger partial charge is 0.451 e. The quantitative estimate of drug-likeness (QED) is 0.417. The molecule has 0 radical (unpaired) electrons. The number of sulfonamides is 1. The highest BCUT2D eigenvalue weighted by atomic mass is 32.2. The normalized spacial score (nSPS) is 11.9. The summed E-state index contributed by atoms with van der Waals surface area (Å²) in [4.78, 5) is 24.4. The maximum absolute atomic E-state index is 12.9. The zero-order valence-electron chi connectivity index (χ0n) is 17.1. The number of hydrogen-bond acceptors (Lipinski definition) is 5. The SMILES string of the molecule is O=C(Nc1ccc(S(=O)(=O)Nc2cccc(C(F)(F)F)c2)cc1)c1cc(=O)c2ccccc2o1. The van der Waals surface area contributed by atoms with Crippen molar-refractivity contribution in [2.45, 2.75) is 11.1 Å². The zero-order valence-corrected chi connectivity index (χ0v) is 17.9. The Morgan fingerprint density at radius 2 is 1.56 bits per heavy atom. The first-order chi connectivity index (χ1) is 16.0. The highest BCUT2D eigenvalue weighted by molar-refractivity contribution is 7.92. The van der Waals surface area contributed by atoms with Crippen molar-refractivity contribution in [2.24, 2.45) is 0 Å². The first kappa shape index (κ1) is 23.1. The monoisotopic (exact) mass is 488 g/mol. The lowest BCUT2D eigenvalue weighted by Gasteiger charge is -2.12. The Morgan fingerprint density at radius 3 is 2.26 bits per heavy atom. The number of amides is 1. The lowest BCUT2D eigenvalue weighted by Crippen LogP contribution is -2.16. The summed E-state index contributed by atoms with van der Waals surface area (Å²) in [5.74, 6) is -0.952. The lowest BCUT2D eigenvalue weighted by molar-refractivity contribution is -0.137. The van der Waals surface area contributed by atoms with Gasteiger partial charge in [-0.1, -0.05) is 18.2 Å². The number of alkyl halides is 3. The molecule has 0 aliphatic heterocycles. The minimum Gasteiger partial charge on any atom is -0.451 e. The highest BCUT2D eigenvalue weighted by Gasteiger charge is 2.30. The third-order valence-corrected chi connectivity index (χ3v) is 6.12. The molecular weight excluding hydrogens is 473 g/mol. The predicted octanol–water partition coefficient (Wildman–Crippen LogP) is 4.86. The predicted molar refractivity (Wildman–Crippen MR) is 119 cm³/mol. The smallest absolute Gasteiger partial charge is 0.416 e. The van der Waals surface area contributed by atoms with Crippen molar-refractivity contribution in [3.05, 3.63) is 100 Å². The number of carbonyl (C=O) groups is 1. The second-order valence-corrected chi connectivity index (χ2v) is 8.82. The number of benzene rings is 3. The highest BCUT2D eigenvalue weighted by Crippen LogP contribution is 2.31. The van der Waals surface area contributed by atoms with E-state index in [1.54, 1.807) is 24.3 Å². The lowest BCUT2D eigenvalue weighted by atomic mass is 10.2. The number of halogens is 3. The van der Waals surface area contributed by atoms with E-state index in [1.165, 1.54) is 30.3 Å². The molecule has 0 aliphatic carbocycles. The van der Waals surface area contributed by atoms with Gasteiger partial charge in [0.15, 0.2) is 11.2 Å². The van der Waals surface area contributed by atoms with Crippen molar-refractivity contribution in [3.63, 3.8) is 0 Å². The molecule has 0 saturated carbocycles. The summed E-state index contributed by atoms with van der Waals surface area (Å²) in [5.41, 5.74) is -1.19. The van der Waals surface area contributed by atoms with Gasteiger partial charge in [0.1, 0.15) is 5.58 Å². The molecule has 1 aromatic heterocycles. The van der Waals surface area contributed by atoms with Crippen LogP contribution in [0.3, 0.4) is 0 Å². The van der Waals surface area contributed by atoms with E-state index >= 15 is 0 Å². The Bertz CT molecular complexity index is 1550. The van der Waals surface area contributed by atoms with Gasteiger partial charge in [-0.3, -0.25) is 14.3 Å². The van der Waals surface area contributed by atoms with E-state index in [0.717, 1.165) is 18.2 Å². The molecule has 4 aromatic rings. The van der Waals surface area contributed by atoms with Crippen molar-refractivity contribution in [1.82, 2.24) is 0 Å². The minimum absolute atomic E-state index is 0.207. The Hall–Kier alpha value is -4.12. The number of carbonyl (C=O) groups excluding carboxylic acids is 1. The first-order valence-corrected chi connectivity index (χ1v) is 11.2. The van der Waals surface area contributed by atoms with Crippen LogP contribution in [0.4, 0.5) is 24.5 Å². The van der Waals surface area contributed by atoms with Crippen LogP contribution in [-0.4, -0.2) is 14.3 Å². The first-order valence-electron chi connectivity index (χ1n) is 9.67. The number of fused-ring (bicyclic) bond motifs is 1. The van der Waals surface area contributed by atoms with E-state index in [2.05, 4.69) is 10.0 Å². The Balaban J connectivity index is 1.51. The molecule has 0 fully saturated rings. The fraction of sp³-hybridized carbons (Fsp3) is 0.0435. The van der Waals surface area contributed by atoms with Crippen LogP contribution in [0, 0.1) is 0 Å². The van der Waals surface area contributed by atoms with Crippen LogP contribution in [0.15, 0.2) is 93.0 Å². The van der Waals surface area contributed by atoms with E-state index in [9.17, 15) is 31.2 Å². The molecule has 1 amide bonds. The molecule has 174 valence electrons. The average molecular weight is 488 g/mol. The summed E-state index contributed by atoms with van der Waals surface area (Å²) in [6.07, 6.45) is -4.62. The van der Waals surface area contributed by atoms with Gasteiger partial charge in [0.2, 0.25) is 0 Å². The molecule has 0 bridgehead atoms. The number of nitrogens with one attached hydrogen (secondary N) is 2. The van der Waals surface area contributed by atoms with Gasteiger partial charge in [0, 0.05) is 17.4 Å². The Kier molecular flexibility index (Phi) is 5.88. The molecule has 4 rings (SSSR count). The van der Waals surface area contributed by atoms with Crippen LogP contribution >= 0.6 is 0 Å².